The number of methoxy groups -OCH3 is 1. The summed E-state index contributed by atoms with van der Waals surface area (Å²) in [5, 5.41) is 116. The van der Waals surface area contributed by atoms with Gasteiger partial charge in [0.05, 0.1) is 6.10 Å². The van der Waals surface area contributed by atoms with E-state index in [1.54, 1.807) is 35.6 Å². The highest BCUT2D eigenvalue weighted by Crippen LogP contribution is 2.54. The lowest BCUT2D eigenvalue weighted by molar-refractivity contribution is -0.380. The molecular formula is C22H26N4O13S. The first-order valence-corrected chi connectivity index (χ1v) is 11.7. The van der Waals surface area contributed by atoms with E-state index in [1.807, 2.05) is 5.32 Å². The van der Waals surface area contributed by atoms with E-state index in [-0.39, 0.29) is 5.13 Å². The molecule has 0 saturated carbocycles. The number of hydrogen-bond donors (Lipinski definition) is 14. The van der Waals surface area contributed by atoms with Gasteiger partial charge < -0.3 is 72.0 Å². The third-order valence-corrected chi connectivity index (χ3v) is 6.42. The monoisotopic (exact) mass is 586 g/mol. The van der Waals surface area contributed by atoms with Crippen LogP contribution in [0.1, 0.15) is 22.9 Å². The summed E-state index contributed by atoms with van der Waals surface area (Å²) < 4.78 is 5.22. The number of aliphatic hydroxyl groups is 6. The zero-order valence-electron chi connectivity index (χ0n) is 20.3. The smallest absolute Gasteiger partial charge is 0.294 e. The minimum atomic E-state index is -4.07. The van der Waals surface area contributed by atoms with E-state index in [2.05, 4.69) is 4.98 Å². The molecule has 40 heavy (non-hydrogen) atoms. The Morgan fingerprint density at radius 3 is 2.00 bits per heavy atom. The molecule has 3 rings (SSSR count). The van der Waals surface area contributed by atoms with E-state index < -0.39 is 81.0 Å². The Hall–Kier alpha value is -3.98. The van der Waals surface area contributed by atoms with Crippen molar-refractivity contribution in [1.82, 2.24) is 10.3 Å². The number of carbonyl (C=O) groups excluding carboxylic acids is 1. The molecule has 0 aliphatic rings. The van der Waals surface area contributed by atoms with Crippen LogP contribution in [-0.4, -0.2) is 86.6 Å². The van der Waals surface area contributed by atoms with Gasteiger partial charge >= 0.3 is 0 Å². The predicted molar refractivity (Wildman–Crippen MR) is 134 cm³/mol. The number of nitrogens with one attached hydrogen (secondary N) is 2. The van der Waals surface area contributed by atoms with Crippen LogP contribution in [0.5, 0.6) is 28.1 Å². The molecule has 0 aliphatic heterocycles. The fourth-order valence-electron chi connectivity index (χ4n) is 3.55. The topological polar surface area (TPSA) is 312 Å². The summed E-state index contributed by atoms with van der Waals surface area (Å²) in [5.41, 5.74) is 1.89. The number of phenols is 4. The first-order chi connectivity index (χ1) is 18.5. The van der Waals surface area contributed by atoms with Gasteiger partial charge in [-0.05, 0) is 5.56 Å². The highest BCUT2D eigenvalue weighted by molar-refractivity contribution is 7.17. The van der Waals surface area contributed by atoms with Crippen molar-refractivity contribution in [2.45, 2.75) is 23.6 Å². The van der Waals surface area contributed by atoms with E-state index >= 15 is 0 Å². The summed E-state index contributed by atoms with van der Waals surface area (Å²) in [7, 11) is 1.28. The van der Waals surface area contributed by atoms with Gasteiger partial charge in [0.15, 0.2) is 33.8 Å². The molecule has 1 atom stereocenters. The lowest BCUT2D eigenvalue weighted by Gasteiger charge is -2.37. The Balaban J connectivity index is 1.94. The van der Waals surface area contributed by atoms with Gasteiger partial charge in [0.1, 0.15) is 11.3 Å². The summed E-state index contributed by atoms with van der Waals surface area (Å²) >= 11 is 0.370. The Morgan fingerprint density at radius 1 is 0.975 bits per heavy atom. The van der Waals surface area contributed by atoms with Gasteiger partial charge in [-0.1, -0.05) is 41.7 Å². The lowest BCUT2D eigenvalue weighted by Crippen LogP contribution is -2.62. The van der Waals surface area contributed by atoms with Crippen molar-refractivity contribution in [2.75, 3.05) is 24.7 Å². The highest BCUT2D eigenvalue weighted by atomic mass is 32.1. The predicted octanol–water partition coefficient (Wildman–Crippen LogP) is -2.22. The van der Waals surface area contributed by atoms with Crippen molar-refractivity contribution in [3.8, 4) is 28.1 Å². The van der Waals surface area contributed by atoms with Crippen LogP contribution >= 0.6 is 11.3 Å². The molecule has 0 saturated heterocycles. The maximum atomic E-state index is 12.5. The Bertz CT molecular complexity index is 1370. The van der Waals surface area contributed by atoms with Crippen molar-refractivity contribution in [2.24, 2.45) is 0 Å². The molecule has 17 nitrogen and oxygen atoms in total. The summed E-state index contributed by atoms with van der Waals surface area (Å²) in [5.74, 6) is -20.0. The molecule has 1 amide bonds. The molecule has 0 spiro atoms. The van der Waals surface area contributed by atoms with E-state index in [0.717, 1.165) is 0 Å². The number of thiazole rings is 1. The summed E-state index contributed by atoms with van der Waals surface area (Å²) in [4.78, 5) is 15.9. The second-order valence-electron chi connectivity index (χ2n) is 8.34. The SMILES string of the molecule is COC(CNC(O)(O)C(O)(O)c1c(O)c(O)c(NC(=O)C(O)(O)c2nc(N)sc2O)c(O)c1O)c1ccccc1. The molecule has 18 heteroatoms. The molecule has 1 aromatic heterocycles. The van der Waals surface area contributed by atoms with Crippen molar-refractivity contribution < 1.29 is 65.7 Å². The molecular weight excluding hydrogens is 560 g/mol. The summed E-state index contributed by atoms with van der Waals surface area (Å²) in [6.45, 7) is -0.493. The Kier molecular flexibility index (Phi) is 8.32. The Labute approximate surface area is 227 Å². The molecule has 0 radical (unpaired) electrons. The van der Waals surface area contributed by atoms with Crippen LogP contribution < -0.4 is 16.4 Å². The standard InChI is InChI=1S/C22H26N4O13S/c1-39-9(8-5-3-2-4-6-8)7-24-22(37,38)21(35,36)10-12(27)14(29)11(15(30)13(10)28)25-18(32)20(33,34)16-17(31)40-19(23)26-16/h2-6,9,24,27-31,33-38H,7H2,1H3,(H2,23,26)(H,25,32). The number of carbonyl (C=O) groups is 1. The van der Waals surface area contributed by atoms with Crippen molar-refractivity contribution in [3.63, 3.8) is 0 Å². The number of aromatic hydroxyl groups is 5. The van der Waals surface area contributed by atoms with Crippen LogP contribution in [0.4, 0.5) is 10.8 Å². The fraction of sp³-hybridized carbons (Fsp3) is 0.273. The van der Waals surface area contributed by atoms with Gasteiger partial charge in [0.2, 0.25) is 5.06 Å². The minimum Gasteiger partial charge on any atom is -0.504 e. The average Bonchev–Trinajstić information content (AvgIpc) is 3.24. The van der Waals surface area contributed by atoms with Gasteiger partial charge in [-0.25, -0.2) is 4.98 Å². The van der Waals surface area contributed by atoms with E-state index in [0.29, 0.717) is 16.9 Å². The van der Waals surface area contributed by atoms with Gasteiger partial charge in [-0.3, -0.25) is 10.1 Å². The molecule has 218 valence electrons. The normalized spacial score (nSPS) is 13.3. The van der Waals surface area contributed by atoms with Crippen LogP contribution in [-0.2, 0) is 21.1 Å². The molecule has 15 N–H and O–H groups in total. The lowest BCUT2D eigenvalue weighted by atomic mass is 9.97. The number of nitrogen functional groups attached to an aromatic ring is 1. The fourth-order valence-corrected chi connectivity index (χ4v) is 4.17. The van der Waals surface area contributed by atoms with Crippen LogP contribution in [0.15, 0.2) is 30.3 Å². The number of aromatic nitrogens is 1. The number of ether oxygens (including phenoxy) is 1. The number of amides is 1. The largest absolute Gasteiger partial charge is 0.504 e. The van der Waals surface area contributed by atoms with Crippen molar-refractivity contribution in [1.29, 1.82) is 0 Å². The third-order valence-electron chi connectivity index (χ3n) is 5.73. The van der Waals surface area contributed by atoms with Crippen LogP contribution in [0.25, 0.3) is 0 Å². The zero-order valence-corrected chi connectivity index (χ0v) is 21.2. The molecule has 3 aromatic rings. The summed E-state index contributed by atoms with van der Waals surface area (Å²) in [6.07, 6.45) is -0.873. The first-order valence-electron chi connectivity index (χ1n) is 10.9. The highest BCUT2D eigenvalue weighted by Gasteiger charge is 2.54. The number of hydrogen-bond acceptors (Lipinski definition) is 17. The number of rotatable bonds is 10. The quantitative estimate of drug-likeness (QED) is 0.0679. The van der Waals surface area contributed by atoms with E-state index in [9.17, 15) is 61.0 Å². The van der Waals surface area contributed by atoms with Crippen molar-refractivity contribution in [3.05, 3.63) is 47.2 Å². The second-order valence-corrected chi connectivity index (χ2v) is 9.35. The molecule has 0 aliphatic carbocycles. The number of nitrogens with zero attached hydrogens (tertiary/aromatic N) is 1. The number of anilines is 2. The van der Waals surface area contributed by atoms with Gasteiger partial charge in [-0.2, -0.15) is 0 Å². The zero-order chi connectivity index (χ0) is 30.2. The third kappa shape index (κ3) is 5.38. The average molecular weight is 587 g/mol. The maximum Gasteiger partial charge on any atom is 0.294 e. The first kappa shape index (κ1) is 30.6. The molecule has 1 heterocycles. The molecule has 1 unspecified atom stereocenters. The summed E-state index contributed by atoms with van der Waals surface area (Å²) in [6, 6.07) is 8.26. The Morgan fingerprint density at radius 2 is 1.52 bits per heavy atom. The number of benzene rings is 2. The minimum absolute atomic E-state index is 0.369. The van der Waals surface area contributed by atoms with Gasteiger partial charge in [0, 0.05) is 13.7 Å². The van der Waals surface area contributed by atoms with E-state index in [1.165, 1.54) is 7.11 Å². The van der Waals surface area contributed by atoms with Crippen molar-refractivity contribution >= 4 is 28.1 Å². The molecule has 2 aromatic carbocycles. The van der Waals surface area contributed by atoms with E-state index in [4.69, 9.17) is 10.5 Å². The second kappa shape index (κ2) is 10.9. The van der Waals surface area contributed by atoms with Gasteiger partial charge in [0.25, 0.3) is 23.4 Å². The van der Waals surface area contributed by atoms with Crippen LogP contribution in [0, 0.1) is 0 Å². The maximum absolute atomic E-state index is 12.5. The number of nitrogens with two attached hydrogens (primary N) is 1. The van der Waals surface area contributed by atoms with Crippen LogP contribution in [0.3, 0.4) is 0 Å². The van der Waals surface area contributed by atoms with Crippen LogP contribution in [0.2, 0.25) is 0 Å². The molecule has 0 bridgehead atoms. The molecule has 0 fully saturated rings. The number of phenolic OH excluding ortho intramolecular Hbond substituents is 4. The van der Waals surface area contributed by atoms with Gasteiger partial charge in [-0.15, -0.1) is 0 Å².